The summed E-state index contributed by atoms with van der Waals surface area (Å²) in [4.78, 5) is 15.9. The third-order valence-electron chi connectivity index (χ3n) is 4.06. The third-order valence-corrected chi connectivity index (χ3v) is 4.06. The van der Waals surface area contributed by atoms with Crippen LogP contribution in [0.4, 0.5) is 5.69 Å². The maximum atomic E-state index is 10.8. The first kappa shape index (κ1) is 18.5. The van der Waals surface area contributed by atoms with Crippen LogP contribution in [0.2, 0.25) is 0 Å². The molecule has 0 aliphatic heterocycles. The van der Waals surface area contributed by atoms with Crippen LogP contribution in [0.3, 0.4) is 0 Å². The molecule has 2 aromatic rings. The second-order valence-corrected chi connectivity index (χ2v) is 6.07. The quantitative estimate of drug-likeness (QED) is 0.745. The minimum absolute atomic E-state index is 0.0364. The lowest BCUT2D eigenvalue weighted by Gasteiger charge is -2.22. The van der Waals surface area contributed by atoms with Crippen molar-refractivity contribution in [1.29, 1.82) is 0 Å². The van der Waals surface area contributed by atoms with Crippen molar-refractivity contribution in [2.45, 2.75) is 26.0 Å². The molecule has 0 spiro atoms. The fourth-order valence-electron chi connectivity index (χ4n) is 2.42. The highest BCUT2D eigenvalue weighted by Crippen LogP contribution is 2.18. The molecule has 1 atom stereocenters. The van der Waals surface area contributed by atoms with Gasteiger partial charge in [0.2, 0.25) is 0 Å². The molecule has 0 aliphatic carbocycles. The number of carbonyl (C=O) groups is 1. The summed E-state index contributed by atoms with van der Waals surface area (Å²) >= 11 is 0. The van der Waals surface area contributed by atoms with Crippen LogP contribution in [0.5, 0.6) is 5.75 Å². The molecule has 5 nitrogen and oxygen atoms in total. The third kappa shape index (κ3) is 5.94. The number of nitrogens with zero attached hydrogens (tertiary/aromatic N) is 2. The molecule has 0 bridgehead atoms. The van der Waals surface area contributed by atoms with Gasteiger partial charge in [0.15, 0.2) is 5.69 Å². The monoisotopic (exact) mass is 338 g/mol. The number of likely N-dealkylation sites (N-methyl/N-ethyl adjacent to an activating group) is 1. The molecule has 0 fully saturated rings. The first-order valence-corrected chi connectivity index (χ1v) is 8.08. The summed E-state index contributed by atoms with van der Waals surface area (Å²) in [6.45, 7) is 9.44. The van der Waals surface area contributed by atoms with E-state index in [2.05, 4.69) is 4.85 Å². The lowest BCUT2D eigenvalue weighted by molar-refractivity contribution is -0.138. The van der Waals surface area contributed by atoms with Crippen molar-refractivity contribution in [2.24, 2.45) is 0 Å². The van der Waals surface area contributed by atoms with Crippen LogP contribution in [0, 0.1) is 6.57 Å². The minimum Gasteiger partial charge on any atom is -0.489 e. The average molecular weight is 338 g/mol. The summed E-state index contributed by atoms with van der Waals surface area (Å²) in [5.74, 6) is -0.0351. The van der Waals surface area contributed by atoms with Gasteiger partial charge in [-0.15, -0.1) is 0 Å². The Labute approximate surface area is 148 Å². The van der Waals surface area contributed by atoms with E-state index >= 15 is 0 Å². The minimum atomic E-state index is -0.817. The smallest absolute Gasteiger partial charge is 0.317 e. The van der Waals surface area contributed by atoms with E-state index in [0.717, 1.165) is 23.3 Å². The van der Waals surface area contributed by atoms with Gasteiger partial charge in [0, 0.05) is 6.04 Å². The Morgan fingerprint density at radius 3 is 2.32 bits per heavy atom. The van der Waals surface area contributed by atoms with E-state index in [-0.39, 0.29) is 12.6 Å². The van der Waals surface area contributed by atoms with E-state index in [1.54, 1.807) is 12.1 Å². The number of ether oxygens (including phenoxy) is 1. The fraction of sp³-hybridized carbons (Fsp3) is 0.300. The molecule has 2 aromatic carbocycles. The van der Waals surface area contributed by atoms with Gasteiger partial charge in [-0.1, -0.05) is 36.4 Å². The lowest BCUT2D eigenvalue weighted by atomic mass is 10.1. The molecule has 5 heteroatoms. The number of aliphatic carboxylic acids is 1. The van der Waals surface area contributed by atoms with Crippen molar-refractivity contribution in [3.63, 3.8) is 0 Å². The van der Waals surface area contributed by atoms with Gasteiger partial charge in [-0.2, -0.15) is 0 Å². The van der Waals surface area contributed by atoms with Crippen LogP contribution in [0.1, 0.15) is 18.1 Å². The summed E-state index contributed by atoms with van der Waals surface area (Å²) in [6.07, 6.45) is 0.780. The number of carboxylic acid groups (broad SMARTS) is 1. The zero-order valence-electron chi connectivity index (χ0n) is 14.5. The average Bonchev–Trinajstić information content (AvgIpc) is 2.61. The Hall–Kier alpha value is -2.84. The Morgan fingerprint density at radius 2 is 1.76 bits per heavy atom. The fourth-order valence-corrected chi connectivity index (χ4v) is 2.42. The molecule has 0 heterocycles. The normalized spacial score (nSPS) is 11.8. The van der Waals surface area contributed by atoms with E-state index in [1.165, 1.54) is 0 Å². The van der Waals surface area contributed by atoms with Crippen molar-refractivity contribution in [2.75, 3.05) is 13.6 Å². The first-order valence-electron chi connectivity index (χ1n) is 8.08. The van der Waals surface area contributed by atoms with Gasteiger partial charge in [-0.3, -0.25) is 9.69 Å². The van der Waals surface area contributed by atoms with Gasteiger partial charge in [0.25, 0.3) is 0 Å². The van der Waals surface area contributed by atoms with Gasteiger partial charge in [0.05, 0.1) is 13.1 Å². The van der Waals surface area contributed by atoms with Gasteiger partial charge < -0.3 is 9.84 Å². The van der Waals surface area contributed by atoms with Crippen LogP contribution in [-0.2, 0) is 17.8 Å². The summed E-state index contributed by atoms with van der Waals surface area (Å²) < 4.78 is 5.76. The predicted octanol–water partition coefficient (Wildman–Crippen LogP) is 3.76. The van der Waals surface area contributed by atoms with E-state index in [1.807, 2.05) is 55.3 Å². The van der Waals surface area contributed by atoms with Gasteiger partial charge in [-0.25, -0.2) is 4.85 Å². The van der Waals surface area contributed by atoms with Crippen LogP contribution in [0.25, 0.3) is 4.85 Å². The lowest BCUT2D eigenvalue weighted by Crippen LogP contribution is -2.35. The molecular formula is C20H22N2O3. The summed E-state index contributed by atoms with van der Waals surface area (Å²) in [5, 5.41) is 8.84. The second kappa shape index (κ2) is 8.86. The number of rotatable bonds is 8. The van der Waals surface area contributed by atoms with Gasteiger partial charge >= 0.3 is 5.97 Å². The van der Waals surface area contributed by atoms with E-state index in [0.29, 0.717) is 12.3 Å². The van der Waals surface area contributed by atoms with Crippen molar-refractivity contribution >= 4 is 11.7 Å². The molecule has 0 aromatic heterocycles. The van der Waals surface area contributed by atoms with Crippen molar-refractivity contribution < 1.29 is 14.6 Å². The summed E-state index contributed by atoms with van der Waals surface area (Å²) in [5.41, 5.74) is 2.77. The van der Waals surface area contributed by atoms with E-state index in [4.69, 9.17) is 16.4 Å². The molecule has 0 amide bonds. The molecule has 0 radical (unpaired) electrons. The topological polar surface area (TPSA) is 54.1 Å². The predicted molar refractivity (Wildman–Crippen MR) is 96.9 cm³/mol. The van der Waals surface area contributed by atoms with Crippen LogP contribution in [-0.4, -0.2) is 35.6 Å². The molecule has 0 aliphatic rings. The Bertz CT molecular complexity index is 733. The van der Waals surface area contributed by atoms with Crippen LogP contribution >= 0.6 is 0 Å². The van der Waals surface area contributed by atoms with Crippen LogP contribution < -0.4 is 4.74 Å². The van der Waals surface area contributed by atoms with Crippen molar-refractivity contribution in [3.05, 3.63) is 71.1 Å². The number of hydrogen-bond donors (Lipinski definition) is 1. The Balaban J connectivity index is 1.86. The zero-order chi connectivity index (χ0) is 18.2. The summed E-state index contributed by atoms with van der Waals surface area (Å²) in [7, 11) is 1.82. The second-order valence-electron chi connectivity index (χ2n) is 6.07. The van der Waals surface area contributed by atoms with Gasteiger partial charge in [-0.05, 0) is 43.7 Å². The molecule has 0 saturated carbocycles. The standard InChI is InChI=1S/C20H22N2O3/c1-15(22(3)13-20(23)24)12-16-6-10-19(11-7-16)25-14-17-4-8-18(21-2)9-5-17/h4-11,15H,12-14H2,1,3H3,(H,23,24)/t15-/m1/s1. The molecular weight excluding hydrogens is 316 g/mol. The van der Waals surface area contributed by atoms with E-state index < -0.39 is 5.97 Å². The number of benzene rings is 2. The van der Waals surface area contributed by atoms with Crippen molar-refractivity contribution in [1.82, 2.24) is 4.90 Å². The molecule has 1 N–H and O–H groups in total. The molecule has 0 unspecified atom stereocenters. The SMILES string of the molecule is [C-]#[N+]c1ccc(COc2ccc(C[C@@H](C)N(C)CC(=O)O)cc2)cc1. The maximum Gasteiger partial charge on any atom is 0.317 e. The zero-order valence-corrected chi connectivity index (χ0v) is 14.5. The highest BCUT2D eigenvalue weighted by molar-refractivity contribution is 5.69. The molecule has 2 rings (SSSR count). The maximum absolute atomic E-state index is 10.8. The Morgan fingerprint density at radius 1 is 1.16 bits per heavy atom. The molecule has 130 valence electrons. The largest absolute Gasteiger partial charge is 0.489 e. The highest BCUT2D eigenvalue weighted by atomic mass is 16.5. The highest BCUT2D eigenvalue weighted by Gasteiger charge is 2.12. The van der Waals surface area contributed by atoms with Crippen molar-refractivity contribution in [3.8, 4) is 5.75 Å². The number of carboxylic acids is 1. The molecule has 0 saturated heterocycles. The Kier molecular flexibility index (Phi) is 6.55. The number of hydrogen-bond acceptors (Lipinski definition) is 3. The van der Waals surface area contributed by atoms with Crippen LogP contribution in [0.15, 0.2) is 48.5 Å². The molecule has 25 heavy (non-hydrogen) atoms. The van der Waals surface area contributed by atoms with Gasteiger partial charge in [0.1, 0.15) is 12.4 Å². The summed E-state index contributed by atoms with van der Waals surface area (Å²) in [6, 6.07) is 15.3. The van der Waals surface area contributed by atoms with E-state index in [9.17, 15) is 4.79 Å². The first-order chi connectivity index (χ1) is 12.0.